The fourth-order valence-electron chi connectivity index (χ4n) is 2.26. The fraction of sp³-hybridized carbons (Fsp3) is 0.200. The van der Waals surface area contributed by atoms with E-state index in [1.165, 1.54) is 12.1 Å². The summed E-state index contributed by atoms with van der Waals surface area (Å²) < 4.78 is 32.3. The predicted molar refractivity (Wildman–Crippen MR) is 70.4 cm³/mol. The minimum Gasteiger partial charge on any atom is -0.489 e. The van der Waals surface area contributed by atoms with Crippen molar-refractivity contribution in [1.29, 1.82) is 0 Å². The van der Waals surface area contributed by atoms with Crippen LogP contribution >= 0.6 is 0 Å². The Bertz CT molecular complexity index is 607. The molecule has 1 heterocycles. The van der Waals surface area contributed by atoms with Crippen LogP contribution in [0.25, 0.3) is 11.1 Å². The number of ether oxygens (including phenoxy) is 1. The number of nitrogens with one attached hydrogen (secondary N) is 1. The second kappa shape index (κ2) is 4.53. The topological polar surface area (TPSA) is 21.3 Å². The first kappa shape index (κ1) is 12.0. The lowest BCUT2D eigenvalue weighted by atomic mass is 10.0. The highest BCUT2D eigenvalue weighted by Gasteiger charge is 2.19. The minimum atomic E-state index is -0.593. The molecule has 1 atom stereocenters. The van der Waals surface area contributed by atoms with Crippen molar-refractivity contribution < 1.29 is 13.5 Å². The first-order valence-electron chi connectivity index (χ1n) is 6.12. The number of benzene rings is 2. The summed E-state index contributed by atoms with van der Waals surface area (Å²) in [4.78, 5) is 0. The van der Waals surface area contributed by atoms with Crippen LogP contribution in [0, 0.1) is 11.6 Å². The SMILES string of the molecule is CC1COc2c(cccc2-c2cc(F)cc(F)c2)N1. The lowest BCUT2D eigenvalue weighted by Crippen LogP contribution is -2.28. The monoisotopic (exact) mass is 261 g/mol. The number of rotatable bonds is 1. The van der Waals surface area contributed by atoms with Crippen LogP contribution in [-0.2, 0) is 0 Å². The van der Waals surface area contributed by atoms with Crippen molar-refractivity contribution >= 4 is 5.69 Å². The number of hydrogen-bond acceptors (Lipinski definition) is 2. The van der Waals surface area contributed by atoms with Crippen molar-refractivity contribution in [3.8, 4) is 16.9 Å². The fourth-order valence-corrected chi connectivity index (χ4v) is 2.26. The molecule has 98 valence electrons. The van der Waals surface area contributed by atoms with Gasteiger partial charge in [-0.15, -0.1) is 0 Å². The molecule has 0 saturated heterocycles. The molecule has 3 rings (SSSR count). The van der Waals surface area contributed by atoms with Gasteiger partial charge in [0.15, 0.2) is 0 Å². The van der Waals surface area contributed by atoms with Crippen LogP contribution in [0.2, 0.25) is 0 Å². The van der Waals surface area contributed by atoms with E-state index in [1.54, 1.807) is 6.07 Å². The van der Waals surface area contributed by atoms with Gasteiger partial charge >= 0.3 is 0 Å². The Morgan fingerprint density at radius 3 is 2.63 bits per heavy atom. The quantitative estimate of drug-likeness (QED) is 0.842. The maximum atomic E-state index is 13.3. The van der Waals surface area contributed by atoms with Crippen LogP contribution < -0.4 is 10.1 Å². The summed E-state index contributed by atoms with van der Waals surface area (Å²) in [5.41, 5.74) is 2.02. The Labute approximate surface area is 110 Å². The second-order valence-electron chi connectivity index (χ2n) is 4.70. The van der Waals surface area contributed by atoms with Gasteiger partial charge in [-0.2, -0.15) is 0 Å². The van der Waals surface area contributed by atoms with Gasteiger partial charge in [0, 0.05) is 11.6 Å². The van der Waals surface area contributed by atoms with E-state index in [2.05, 4.69) is 5.32 Å². The van der Waals surface area contributed by atoms with Crippen molar-refractivity contribution in [3.05, 3.63) is 48.0 Å². The van der Waals surface area contributed by atoms with E-state index >= 15 is 0 Å². The summed E-state index contributed by atoms with van der Waals surface area (Å²) in [6, 6.07) is 9.22. The molecular weight excluding hydrogens is 248 g/mol. The molecule has 0 saturated carbocycles. The van der Waals surface area contributed by atoms with Gasteiger partial charge in [-0.05, 0) is 30.7 Å². The van der Waals surface area contributed by atoms with Crippen molar-refractivity contribution in [1.82, 2.24) is 0 Å². The Kier molecular flexibility index (Phi) is 2.85. The molecule has 1 unspecified atom stereocenters. The zero-order valence-corrected chi connectivity index (χ0v) is 10.4. The van der Waals surface area contributed by atoms with Gasteiger partial charge in [0.1, 0.15) is 24.0 Å². The van der Waals surface area contributed by atoms with E-state index in [0.717, 1.165) is 11.8 Å². The van der Waals surface area contributed by atoms with E-state index in [1.807, 2.05) is 19.1 Å². The molecular formula is C15H13F2NO. The molecule has 0 amide bonds. The molecule has 19 heavy (non-hydrogen) atoms. The summed E-state index contributed by atoms with van der Waals surface area (Å²) in [5.74, 6) is -0.542. The molecule has 0 fully saturated rings. The van der Waals surface area contributed by atoms with Crippen LogP contribution in [0.4, 0.5) is 14.5 Å². The Hall–Kier alpha value is -2.10. The molecule has 1 aliphatic rings. The van der Waals surface area contributed by atoms with Gasteiger partial charge in [0.2, 0.25) is 0 Å². The highest BCUT2D eigenvalue weighted by Crippen LogP contribution is 2.39. The molecule has 0 radical (unpaired) electrons. The first-order chi connectivity index (χ1) is 9.13. The summed E-state index contributed by atoms with van der Waals surface area (Å²) in [6.07, 6.45) is 0. The average Bonchev–Trinajstić information content (AvgIpc) is 2.36. The molecule has 2 aromatic carbocycles. The normalized spacial score (nSPS) is 17.3. The first-order valence-corrected chi connectivity index (χ1v) is 6.12. The third kappa shape index (κ3) is 2.26. The summed E-state index contributed by atoms with van der Waals surface area (Å²) in [5, 5.41) is 3.29. The minimum absolute atomic E-state index is 0.215. The molecule has 2 nitrogen and oxygen atoms in total. The van der Waals surface area contributed by atoms with E-state index < -0.39 is 11.6 Å². The van der Waals surface area contributed by atoms with Crippen LogP contribution in [0.1, 0.15) is 6.92 Å². The van der Waals surface area contributed by atoms with Crippen molar-refractivity contribution in [2.45, 2.75) is 13.0 Å². The summed E-state index contributed by atoms with van der Waals surface area (Å²) >= 11 is 0. The molecule has 1 N–H and O–H groups in total. The molecule has 0 bridgehead atoms. The van der Waals surface area contributed by atoms with Crippen LogP contribution in [-0.4, -0.2) is 12.6 Å². The third-order valence-electron chi connectivity index (χ3n) is 3.07. The van der Waals surface area contributed by atoms with Crippen molar-refractivity contribution in [2.24, 2.45) is 0 Å². The van der Waals surface area contributed by atoms with Gasteiger partial charge in [0.25, 0.3) is 0 Å². The van der Waals surface area contributed by atoms with E-state index in [-0.39, 0.29) is 6.04 Å². The van der Waals surface area contributed by atoms with Gasteiger partial charge in [-0.25, -0.2) is 8.78 Å². The van der Waals surface area contributed by atoms with E-state index in [9.17, 15) is 8.78 Å². The largest absolute Gasteiger partial charge is 0.489 e. The zero-order valence-electron chi connectivity index (χ0n) is 10.4. The maximum absolute atomic E-state index is 13.3. The van der Waals surface area contributed by atoms with Crippen LogP contribution in [0.5, 0.6) is 5.75 Å². The molecule has 0 aromatic heterocycles. The lowest BCUT2D eigenvalue weighted by molar-refractivity contribution is 0.293. The van der Waals surface area contributed by atoms with Gasteiger partial charge in [0.05, 0.1) is 11.7 Å². The number of fused-ring (bicyclic) bond motifs is 1. The molecule has 1 aliphatic heterocycles. The highest BCUT2D eigenvalue weighted by molar-refractivity contribution is 5.79. The summed E-state index contributed by atoms with van der Waals surface area (Å²) in [7, 11) is 0. The van der Waals surface area contributed by atoms with E-state index in [4.69, 9.17) is 4.74 Å². The van der Waals surface area contributed by atoms with E-state index in [0.29, 0.717) is 23.5 Å². The van der Waals surface area contributed by atoms with Gasteiger partial charge in [-0.1, -0.05) is 12.1 Å². The Balaban J connectivity index is 2.13. The smallest absolute Gasteiger partial charge is 0.150 e. The number of anilines is 1. The maximum Gasteiger partial charge on any atom is 0.150 e. The lowest BCUT2D eigenvalue weighted by Gasteiger charge is -2.26. The molecule has 2 aromatic rings. The second-order valence-corrected chi connectivity index (χ2v) is 4.70. The number of para-hydroxylation sites is 1. The summed E-state index contributed by atoms with van der Waals surface area (Å²) in [6.45, 7) is 2.54. The molecule has 0 aliphatic carbocycles. The zero-order chi connectivity index (χ0) is 13.4. The average molecular weight is 261 g/mol. The third-order valence-corrected chi connectivity index (χ3v) is 3.07. The van der Waals surface area contributed by atoms with Gasteiger partial charge in [-0.3, -0.25) is 0 Å². The molecule has 4 heteroatoms. The Morgan fingerprint density at radius 2 is 1.89 bits per heavy atom. The van der Waals surface area contributed by atoms with Crippen LogP contribution in [0.15, 0.2) is 36.4 Å². The standard InChI is InChI=1S/C15H13F2NO/c1-9-8-19-15-13(3-2-4-14(15)18-9)10-5-11(16)7-12(17)6-10/h2-7,9,18H,8H2,1H3. The predicted octanol–water partition coefficient (Wildman–Crippen LogP) is 3.82. The highest BCUT2D eigenvalue weighted by atomic mass is 19.1. The van der Waals surface area contributed by atoms with Gasteiger partial charge < -0.3 is 10.1 Å². The number of hydrogen-bond donors (Lipinski definition) is 1. The molecule has 0 spiro atoms. The Morgan fingerprint density at radius 1 is 1.16 bits per heavy atom. The van der Waals surface area contributed by atoms with Crippen molar-refractivity contribution in [2.75, 3.05) is 11.9 Å². The number of halogens is 2. The van der Waals surface area contributed by atoms with Crippen LogP contribution in [0.3, 0.4) is 0 Å². The van der Waals surface area contributed by atoms with Crippen molar-refractivity contribution in [3.63, 3.8) is 0 Å².